The van der Waals surface area contributed by atoms with Crippen molar-refractivity contribution < 1.29 is 13.9 Å². The minimum atomic E-state index is -0.0598. The number of carbonyl (C=O) groups excluding carboxylic acids is 1. The normalized spacial score (nSPS) is 18.5. The van der Waals surface area contributed by atoms with Gasteiger partial charge < -0.3 is 14.1 Å². The van der Waals surface area contributed by atoms with Crippen LogP contribution in [0.15, 0.2) is 34.9 Å². The molecule has 0 radical (unpaired) electrons. The highest BCUT2D eigenvalue weighted by atomic mass is 16.5. The van der Waals surface area contributed by atoms with Crippen LogP contribution in [-0.4, -0.2) is 35.5 Å². The average Bonchev–Trinajstić information content (AvgIpc) is 2.93. The molecule has 2 heterocycles. The zero-order valence-corrected chi connectivity index (χ0v) is 12.9. The number of hydrogen-bond donors (Lipinski definition) is 0. The Bertz CT molecular complexity index is 665. The predicted molar refractivity (Wildman–Crippen MR) is 81.4 cm³/mol. The van der Waals surface area contributed by atoms with Gasteiger partial charge in [-0.3, -0.25) is 4.79 Å². The van der Waals surface area contributed by atoms with Gasteiger partial charge in [0.1, 0.15) is 11.9 Å². The van der Waals surface area contributed by atoms with E-state index >= 15 is 0 Å². The molecule has 22 heavy (non-hydrogen) atoms. The van der Waals surface area contributed by atoms with Crippen LogP contribution in [0.25, 0.3) is 0 Å². The number of nitrogens with zero attached hydrogens (tertiary/aromatic N) is 2. The third-order valence-electron chi connectivity index (χ3n) is 3.95. The first-order valence-electron chi connectivity index (χ1n) is 7.49. The van der Waals surface area contributed by atoms with Crippen LogP contribution >= 0.6 is 0 Å². The van der Waals surface area contributed by atoms with Crippen LogP contribution in [0.3, 0.4) is 0 Å². The first-order valence-corrected chi connectivity index (χ1v) is 7.49. The van der Waals surface area contributed by atoms with Gasteiger partial charge >= 0.3 is 0 Å². The second kappa shape index (κ2) is 6.32. The molecule has 3 rings (SSSR count). The van der Waals surface area contributed by atoms with Crippen LogP contribution in [0, 0.1) is 13.8 Å². The van der Waals surface area contributed by atoms with Gasteiger partial charge in [0.2, 0.25) is 5.91 Å². The highest BCUT2D eigenvalue weighted by Crippen LogP contribution is 2.25. The molecule has 5 heteroatoms. The van der Waals surface area contributed by atoms with E-state index in [4.69, 9.17) is 9.15 Å². The molecular formula is C17H20N2O3. The van der Waals surface area contributed by atoms with E-state index in [2.05, 4.69) is 24.0 Å². The van der Waals surface area contributed by atoms with Crippen LogP contribution in [0.2, 0.25) is 0 Å². The molecule has 1 aromatic carbocycles. The van der Waals surface area contributed by atoms with Gasteiger partial charge in [0.25, 0.3) is 0 Å². The molecule has 0 N–H and O–H groups in total. The fourth-order valence-corrected chi connectivity index (χ4v) is 2.76. The lowest BCUT2D eigenvalue weighted by Crippen LogP contribution is -2.43. The Hall–Kier alpha value is -2.14. The second-order valence-electron chi connectivity index (χ2n) is 5.58. The largest absolute Gasteiger partial charge is 0.446 e. The van der Waals surface area contributed by atoms with Crippen molar-refractivity contribution in [1.29, 1.82) is 0 Å². The molecule has 1 saturated heterocycles. The third-order valence-corrected chi connectivity index (χ3v) is 3.95. The van der Waals surface area contributed by atoms with Gasteiger partial charge in [0.05, 0.1) is 25.8 Å². The Balaban J connectivity index is 1.67. The Morgan fingerprint density at radius 3 is 2.91 bits per heavy atom. The predicted octanol–water partition coefficient (Wildman–Crippen LogP) is 2.43. The van der Waals surface area contributed by atoms with E-state index in [1.54, 1.807) is 13.1 Å². The van der Waals surface area contributed by atoms with E-state index in [9.17, 15) is 4.79 Å². The molecule has 1 atom stereocenters. The molecule has 1 aliphatic heterocycles. The lowest BCUT2D eigenvalue weighted by atomic mass is 10.0. The molecule has 2 aromatic rings. The molecule has 0 saturated carbocycles. The molecule has 1 aliphatic rings. The van der Waals surface area contributed by atoms with Crippen LogP contribution < -0.4 is 0 Å². The van der Waals surface area contributed by atoms with Crippen molar-refractivity contribution in [3.8, 4) is 0 Å². The van der Waals surface area contributed by atoms with Crippen LogP contribution in [-0.2, 0) is 16.0 Å². The maximum Gasteiger partial charge on any atom is 0.230 e. The number of aryl methyl sites for hydroxylation is 2. The smallest absolute Gasteiger partial charge is 0.230 e. The summed E-state index contributed by atoms with van der Waals surface area (Å²) in [5.74, 6) is 1.25. The van der Waals surface area contributed by atoms with E-state index in [1.165, 1.54) is 5.56 Å². The summed E-state index contributed by atoms with van der Waals surface area (Å²) in [6.45, 7) is 5.60. The van der Waals surface area contributed by atoms with Crippen LogP contribution in [0.5, 0.6) is 0 Å². The molecule has 1 fully saturated rings. The summed E-state index contributed by atoms with van der Waals surface area (Å²) in [7, 11) is 0. The van der Waals surface area contributed by atoms with Crippen molar-refractivity contribution in [3.63, 3.8) is 0 Å². The van der Waals surface area contributed by atoms with E-state index < -0.39 is 0 Å². The number of aromatic nitrogens is 1. The highest BCUT2D eigenvalue weighted by Gasteiger charge is 2.26. The first-order chi connectivity index (χ1) is 10.6. The highest BCUT2D eigenvalue weighted by molar-refractivity contribution is 5.78. The summed E-state index contributed by atoms with van der Waals surface area (Å²) in [5.41, 5.74) is 2.34. The van der Waals surface area contributed by atoms with Crippen molar-refractivity contribution in [3.05, 3.63) is 53.2 Å². The van der Waals surface area contributed by atoms with E-state index in [1.807, 2.05) is 17.0 Å². The van der Waals surface area contributed by atoms with Crippen molar-refractivity contribution in [2.24, 2.45) is 0 Å². The maximum atomic E-state index is 12.4. The van der Waals surface area contributed by atoms with E-state index in [0.717, 1.165) is 5.56 Å². The van der Waals surface area contributed by atoms with Gasteiger partial charge in [-0.25, -0.2) is 4.98 Å². The van der Waals surface area contributed by atoms with Gasteiger partial charge in [0, 0.05) is 13.5 Å². The number of morpholine rings is 1. The average molecular weight is 300 g/mol. The third kappa shape index (κ3) is 3.20. The molecule has 5 nitrogen and oxygen atoms in total. The topological polar surface area (TPSA) is 55.6 Å². The quantitative estimate of drug-likeness (QED) is 0.873. The van der Waals surface area contributed by atoms with Gasteiger partial charge in [0.15, 0.2) is 5.89 Å². The summed E-state index contributed by atoms with van der Waals surface area (Å²) in [6, 6.07) is 8.14. The second-order valence-corrected chi connectivity index (χ2v) is 5.58. The van der Waals surface area contributed by atoms with Crippen molar-refractivity contribution in [2.45, 2.75) is 26.4 Å². The summed E-state index contributed by atoms with van der Waals surface area (Å²) in [4.78, 5) is 18.3. The molecule has 1 amide bonds. The number of amides is 1. The van der Waals surface area contributed by atoms with Gasteiger partial charge in [-0.15, -0.1) is 0 Å². The molecule has 0 spiro atoms. The van der Waals surface area contributed by atoms with Crippen molar-refractivity contribution in [2.75, 3.05) is 19.7 Å². The number of hydrogen-bond acceptors (Lipinski definition) is 4. The minimum Gasteiger partial charge on any atom is -0.446 e. The number of carbonyl (C=O) groups is 1. The SMILES string of the molecule is Cc1ncc(CC(=O)N2CCOC(c3ccccc3C)C2)o1. The minimum absolute atomic E-state index is 0.0537. The molecular weight excluding hydrogens is 280 g/mol. The Morgan fingerprint density at radius 1 is 1.36 bits per heavy atom. The van der Waals surface area contributed by atoms with Crippen molar-refractivity contribution >= 4 is 5.91 Å². The number of oxazole rings is 1. The molecule has 1 aromatic heterocycles. The van der Waals surface area contributed by atoms with Crippen LogP contribution in [0.1, 0.15) is 28.9 Å². The maximum absolute atomic E-state index is 12.4. The lowest BCUT2D eigenvalue weighted by molar-refractivity contribution is -0.138. The zero-order valence-electron chi connectivity index (χ0n) is 12.9. The molecule has 0 aliphatic carbocycles. The molecule has 0 bridgehead atoms. The summed E-state index contributed by atoms with van der Waals surface area (Å²) >= 11 is 0. The Morgan fingerprint density at radius 2 is 2.18 bits per heavy atom. The first kappa shape index (κ1) is 14.8. The standard InChI is InChI=1S/C17H20N2O3/c1-12-5-3-4-6-15(12)16-11-19(7-8-21-16)17(20)9-14-10-18-13(2)22-14/h3-6,10,16H,7-9,11H2,1-2H3. The lowest BCUT2D eigenvalue weighted by Gasteiger charge is -2.33. The van der Waals surface area contributed by atoms with Crippen molar-refractivity contribution in [1.82, 2.24) is 9.88 Å². The Labute approximate surface area is 129 Å². The summed E-state index contributed by atoms with van der Waals surface area (Å²) < 4.78 is 11.2. The summed E-state index contributed by atoms with van der Waals surface area (Å²) in [5, 5.41) is 0. The molecule has 1 unspecified atom stereocenters. The van der Waals surface area contributed by atoms with Gasteiger partial charge in [-0.1, -0.05) is 24.3 Å². The number of benzene rings is 1. The van der Waals surface area contributed by atoms with E-state index in [0.29, 0.717) is 31.3 Å². The van der Waals surface area contributed by atoms with E-state index in [-0.39, 0.29) is 18.4 Å². The fourth-order valence-electron chi connectivity index (χ4n) is 2.76. The zero-order chi connectivity index (χ0) is 15.5. The summed E-state index contributed by atoms with van der Waals surface area (Å²) in [6.07, 6.45) is 1.81. The monoisotopic (exact) mass is 300 g/mol. The molecule has 116 valence electrons. The Kier molecular flexibility index (Phi) is 4.24. The fraction of sp³-hybridized carbons (Fsp3) is 0.412. The van der Waals surface area contributed by atoms with Gasteiger partial charge in [-0.05, 0) is 18.1 Å². The number of rotatable bonds is 3. The van der Waals surface area contributed by atoms with Crippen LogP contribution in [0.4, 0.5) is 0 Å². The number of ether oxygens (including phenoxy) is 1. The van der Waals surface area contributed by atoms with Gasteiger partial charge in [-0.2, -0.15) is 0 Å².